The van der Waals surface area contributed by atoms with Gasteiger partial charge in [0.2, 0.25) is 0 Å². The van der Waals surface area contributed by atoms with Crippen LogP contribution in [0.15, 0.2) is 28.4 Å². The first-order chi connectivity index (χ1) is 5.27. The molecule has 1 aliphatic heterocycles. The Morgan fingerprint density at radius 3 is 3.27 bits per heavy atom. The Bertz CT molecular complexity index is 299. The minimum absolute atomic E-state index is 0.241. The molecule has 0 bridgehead atoms. The maximum atomic E-state index is 10.9. The molecule has 0 amide bonds. The molecular weight excluding hydrogens is 142 g/mol. The van der Waals surface area contributed by atoms with Crippen molar-refractivity contribution in [1.82, 2.24) is 0 Å². The van der Waals surface area contributed by atoms with Crippen LogP contribution in [0.1, 0.15) is 6.42 Å². The topological polar surface area (TPSA) is 49.7 Å². The lowest BCUT2D eigenvalue weighted by atomic mass is 10.0. The van der Waals surface area contributed by atoms with Crippen molar-refractivity contribution in [2.75, 3.05) is 0 Å². The van der Waals surface area contributed by atoms with Crippen LogP contribution in [0.4, 0.5) is 0 Å². The van der Waals surface area contributed by atoms with E-state index in [0.717, 1.165) is 11.3 Å². The lowest BCUT2D eigenvalue weighted by molar-refractivity contribution is -0.120. The standard InChI is InChI=1S/C8H7NO2/c10-7-3-5-1-2-9-6(5)4-8(7)11/h2-4,8,11H,1H2. The summed E-state index contributed by atoms with van der Waals surface area (Å²) in [5, 5.41) is 9.08. The zero-order chi connectivity index (χ0) is 7.84. The second kappa shape index (κ2) is 2.13. The number of allylic oxidation sites excluding steroid dienone is 1. The second-order valence-electron chi connectivity index (χ2n) is 2.58. The van der Waals surface area contributed by atoms with Crippen molar-refractivity contribution in [1.29, 1.82) is 0 Å². The Morgan fingerprint density at radius 2 is 2.45 bits per heavy atom. The Hall–Kier alpha value is -1.22. The summed E-state index contributed by atoms with van der Waals surface area (Å²) >= 11 is 0. The summed E-state index contributed by atoms with van der Waals surface area (Å²) in [6.07, 6.45) is 4.42. The molecule has 0 radical (unpaired) electrons. The lowest BCUT2D eigenvalue weighted by Gasteiger charge is -2.09. The molecule has 0 spiro atoms. The van der Waals surface area contributed by atoms with Gasteiger partial charge < -0.3 is 5.11 Å². The van der Waals surface area contributed by atoms with Gasteiger partial charge in [-0.15, -0.1) is 0 Å². The van der Waals surface area contributed by atoms with Crippen molar-refractivity contribution in [3.63, 3.8) is 0 Å². The molecular formula is C8H7NO2. The van der Waals surface area contributed by atoms with Crippen molar-refractivity contribution < 1.29 is 9.90 Å². The van der Waals surface area contributed by atoms with Crippen LogP contribution in [0.3, 0.4) is 0 Å². The van der Waals surface area contributed by atoms with E-state index in [1.54, 1.807) is 6.21 Å². The predicted molar refractivity (Wildman–Crippen MR) is 40.3 cm³/mol. The number of aliphatic hydroxyl groups excluding tert-OH is 1. The van der Waals surface area contributed by atoms with Crippen LogP contribution >= 0.6 is 0 Å². The molecule has 3 nitrogen and oxygen atoms in total. The minimum Gasteiger partial charge on any atom is -0.381 e. The highest BCUT2D eigenvalue weighted by Crippen LogP contribution is 2.24. The van der Waals surface area contributed by atoms with E-state index < -0.39 is 6.10 Å². The van der Waals surface area contributed by atoms with Gasteiger partial charge in [0, 0.05) is 12.6 Å². The Morgan fingerprint density at radius 1 is 1.64 bits per heavy atom. The highest BCUT2D eigenvalue weighted by molar-refractivity contribution is 5.99. The highest BCUT2D eigenvalue weighted by atomic mass is 16.3. The van der Waals surface area contributed by atoms with Crippen LogP contribution in [0.2, 0.25) is 0 Å². The maximum absolute atomic E-state index is 10.9. The summed E-state index contributed by atoms with van der Waals surface area (Å²) in [5.41, 5.74) is 1.66. The molecule has 0 saturated heterocycles. The third kappa shape index (κ3) is 0.935. The molecule has 0 aromatic rings. The van der Waals surface area contributed by atoms with Gasteiger partial charge in [0.15, 0.2) is 5.78 Å². The predicted octanol–water partition coefficient (Wildman–Crippen LogP) is 0.215. The summed E-state index contributed by atoms with van der Waals surface area (Å²) in [7, 11) is 0. The van der Waals surface area contributed by atoms with Gasteiger partial charge in [-0.1, -0.05) is 0 Å². The van der Waals surface area contributed by atoms with Crippen molar-refractivity contribution in [2.45, 2.75) is 12.5 Å². The molecule has 3 heteroatoms. The lowest BCUT2D eigenvalue weighted by Crippen LogP contribution is -2.19. The molecule has 11 heavy (non-hydrogen) atoms. The minimum atomic E-state index is -0.982. The SMILES string of the molecule is O=C1C=C2CC=NC2=CC1O. The Balaban J connectivity index is 2.42. The molecule has 1 N–H and O–H groups in total. The molecule has 1 unspecified atom stereocenters. The number of carbonyl (C=O) groups is 1. The number of carbonyl (C=O) groups excluding carboxylic acids is 1. The normalized spacial score (nSPS) is 28.1. The van der Waals surface area contributed by atoms with Gasteiger partial charge in [-0.05, 0) is 17.7 Å². The third-order valence-corrected chi connectivity index (χ3v) is 1.79. The number of fused-ring (bicyclic) bond motifs is 1. The summed E-state index contributed by atoms with van der Waals surface area (Å²) in [6.45, 7) is 0. The van der Waals surface area contributed by atoms with E-state index in [0.29, 0.717) is 6.42 Å². The van der Waals surface area contributed by atoms with Crippen molar-refractivity contribution in [3.8, 4) is 0 Å². The van der Waals surface area contributed by atoms with Gasteiger partial charge in [-0.2, -0.15) is 0 Å². The van der Waals surface area contributed by atoms with Crippen LogP contribution in [-0.4, -0.2) is 23.2 Å². The average Bonchev–Trinajstić information content (AvgIpc) is 2.36. The number of hydrogen-bond donors (Lipinski definition) is 1. The maximum Gasteiger partial charge on any atom is 0.188 e. The fourth-order valence-electron chi connectivity index (χ4n) is 1.20. The van der Waals surface area contributed by atoms with Crippen LogP contribution < -0.4 is 0 Å². The third-order valence-electron chi connectivity index (χ3n) is 1.79. The summed E-state index contributed by atoms with van der Waals surface area (Å²) in [5.74, 6) is -0.241. The van der Waals surface area contributed by atoms with Gasteiger partial charge in [-0.3, -0.25) is 9.79 Å². The van der Waals surface area contributed by atoms with Crippen molar-refractivity contribution in [2.24, 2.45) is 4.99 Å². The van der Waals surface area contributed by atoms with Crippen LogP contribution in [-0.2, 0) is 4.79 Å². The van der Waals surface area contributed by atoms with Crippen LogP contribution in [0, 0.1) is 0 Å². The summed E-state index contributed by atoms with van der Waals surface area (Å²) in [6, 6.07) is 0. The molecule has 0 saturated carbocycles. The Labute approximate surface area is 63.8 Å². The molecule has 1 heterocycles. The number of ketones is 1. The first-order valence-corrected chi connectivity index (χ1v) is 3.44. The van der Waals surface area contributed by atoms with Gasteiger partial charge >= 0.3 is 0 Å². The number of rotatable bonds is 0. The number of nitrogens with zero attached hydrogens (tertiary/aromatic N) is 1. The fourth-order valence-corrected chi connectivity index (χ4v) is 1.20. The van der Waals surface area contributed by atoms with Crippen molar-refractivity contribution >= 4 is 12.0 Å². The van der Waals surface area contributed by atoms with Crippen molar-refractivity contribution in [3.05, 3.63) is 23.4 Å². The van der Waals surface area contributed by atoms with Crippen LogP contribution in [0.5, 0.6) is 0 Å². The summed E-state index contributed by atoms with van der Waals surface area (Å²) in [4.78, 5) is 14.9. The zero-order valence-electron chi connectivity index (χ0n) is 5.82. The van der Waals surface area contributed by atoms with E-state index in [-0.39, 0.29) is 5.78 Å². The fraction of sp³-hybridized carbons (Fsp3) is 0.250. The van der Waals surface area contributed by atoms with Gasteiger partial charge in [0.1, 0.15) is 6.10 Å². The second-order valence-corrected chi connectivity index (χ2v) is 2.58. The quantitative estimate of drug-likeness (QED) is 0.535. The first kappa shape index (κ1) is 6.49. The molecule has 0 fully saturated rings. The molecule has 1 atom stereocenters. The smallest absolute Gasteiger partial charge is 0.188 e. The van der Waals surface area contributed by atoms with E-state index in [1.165, 1.54) is 12.2 Å². The Kier molecular flexibility index (Phi) is 1.26. The number of aliphatic hydroxyl groups is 1. The molecule has 2 aliphatic rings. The summed E-state index contributed by atoms with van der Waals surface area (Å²) < 4.78 is 0. The van der Waals surface area contributed by atoms with Gasteiger partial charge in [0.05, 0.1) is 5.70 Å². The zero-order valence-corrected chi connectivity index (χ0v) is 5.82. The van der Waals surface area contributed by atoms with Gasteiger partial charge in [-0.25, -0.2) is 0 Å². The van der Waals surface area contributed by atoms with E-state index in [1.807, 2.05) is 0 Å². The van der Waals surface area contributed by atoms with E-state index in [9.17, 15) is 4.79 Å². The highest BCUT2D eigenvalue weighted by Gasteiger charge is 2.21. The molecule has 0 aromatic heterocycles. The molecule has 56 valence electrons. The van der Waals surface area contributed by atoms with E-state index in [2.05, 4.69) is 4.99 Å². The molecule has 1 aliphatic carbocycles. The van der Waals surface area contributed by atoms with Gasteiger partial charge in [0.25, 0.3) is 0 Å². The average molecular weight is 149 g/mol. The molecule has 2 rings (SSSR count). The van der Waals surface area contributed by atoms with E-state index >= 15 is 0 Å². The van der Waals surface area contributed by atoms with E-state index in [4.69, 9.17) is 5.11 Å². The number of aliphatic imine (C=N–C) groups is 1. The number of hydrogen-bond acceptors (Lipinski definition) is 3. The van der Waals surface area contributed by atoms with Crippen LogP contribution in [0.25, 0.3) is 0 Å². The largest absolute Gasteiger partial charge is 0.381 e. The molecule has 0 aromatic carbocycles. The monoisotopic (exact) mass is 149 g/mol. The first-order valence-electron chi connectivity index (χ1n) is 3.44.